The third-order valence-corrected chi connectivity index (χ3v) is 11.6. The quantitative estimate of drug-likeness (QED) is 0.274. The van der Waals surface area contributed by atoms with E-state index in [-0.39, 0.29) is 42.2 Å². The number of nitrogens with zero attached hydrogens (tertiary/aromatic N) is 3. The highest BCUT2D eigenvalue weighted by atomic mass is 19.4. The lowest BCUT2D eigenvalue weighted by atomic mass is 9.66. The van der Waals surface area contributed by atoms with Gasteiger partial charge < -0.3 is 26.0 Å². The van der Waals surface area contributed by atoms with E-state index < -0.39 is 47.9 Å². The molecule has 4 N–H and O–H groups in total. The summed E-state index contributed by atoms with van der Waals surface area (Å²) in [7, 11) is 0. The van der Waals surface area contributed by atoms with Gasteiger partial charge in [0.15, 0.2) is 5.69 Å². The Labute approximate surface area is 284 Å². The topological polar surface area (TPSA) is 150 Å². The van der Waals surface area contributed by atoms with Crippen LogP contribution in [-0.4, -0.2) is 74.1 Å². The zero-order valence-corrected chi connectivity index (χ0v) is 28.4. The molecule has 1 aliphatic heterocycles. The highest BCUT2D eigenvalue weighted by Crippen LogP contribution is 2.46. The van der Waals surface area contributed by atoms with Gasteiger partial charge in [-0.2, -0.15) is 13.2 Å². The third kappa shape index (κ3) is 7.02. The highest BCUT2D eigenvalue weighted by molar-refractivity contribution is 6.01. The molecule has 1 aromatic heterocycles. The molecule has 3 aliphatic carbocycles. The van der Waals surface area contributed by atoms with Crippen molar-refractivity contribution in [1.29, 1.82) is 0 Å². The van der Waals surface area contributed by atoms with Gasteiger partial charge in [-0.25, -0.2) is 9.42 Å². The first kappa shape index (κ1) is 35.2. The number of nitrogens with one attached hydrogen (secondary N) is 3. The summed E-state index contributed by atoms with van der Waals surface area (Å²) in [6.07, 6.45) is 6.18. The van der Waals surface area contributed by atoms with Gasteiger partial charge in [-0.15, -0.1) is 0 Å². The predicted molar refractivity (Wildman–Crippen MR) is 174 cm³/mol. The first-order valence-corrected chi connectivity index (χ1v) is 17.6. The number of benzene rings is 1. The molecule has 1 saturated heterocycles. The SMILES string of the molecule is Cc1nonc1C(=O)N[C@H](C(=O)Nc1ccc2c(c1)CC(N1CC(C(F)(F)F)NC1=O)(C(C)(C)O)C2)C(C1CCCCC1)C1CCCCC1. The summed E-state index contributed by atoms with van der Waals surface area (Å²) in [5.41, 5.74) is -0.597. The summed E-state index contributed by atoms with van der Waals surface area (Å²) >= 11 is 0. The Hall–Kier alpha value is -3.68. The molecular formula is C35H47F3N6O5. The van der Waals surface area contributed by atoms with E-state index in [0.29, 0.717) is 16.9 Å². The van der Waals surface area contributed by atoms with Crippen molar-refractivity contribution >= 4 is 23.5 Å². The molecule has 6 rings (SSSR count). The van der Waals surface area contributed by atoms with Crippen molar-refractivity contribution in [3.63, 3.8) is 0 Å². The lowest BCUT2D eigenvalue weighted by Gasteiger charge is -2.46. The van der Waals surface area contributed by atoms with Crippen LogP contribution in [0.15, 0.2) is 22.8 Å². The summed E-state index contributed by atoms with van der Waals surface area (Å²) < 4.78 is 45.6. The van der Waals surface area contributed by atoms with E-state index >= 15 is 0 Å². The number of halogens is 3. The van der Waals surface area contributed by atoms with Gasteiger partial charge in [0, 0.05) is 5.69 Å². The third-order valence-electron chi connectivity index (χ3n) is 11.6. The van der Waals surface area contributed by atoms with Crippen LogP contribution in [0.5, 0.6) is 0 Å². The molecule has 2 aromatic rings. The fraction of sp³-hybridized carbons (Fsp3) is 0.686. The van der Waals surface area contributed by atoms with Crippen molar-refractivity contribution < 1.29 is 37.3 Å². The molecule has 268 valence electrons. The standard InChI is InChI=1S/C35H47F3N6O5/c1-20-28(43-49-42-20)30(45)41-29(27(21-10-6-4-7-11-21)22-12-8-5-9-13-22)31(46)39-25-15-14-23-17-34(33(2,3)48,18-24(23)16-25)44-19-26(35(36,37)38)40-32(44)47/h14-16,21-22,26-27,29,48H,4-13,17-19H2,1-3H3,(H,39,46)(H,40,47)(H,41,45)/t26?,29-,34?/m0/s1. The van der Waals surface area contributed by atoms with Crippen LogP contribution < -0.4 is 16.0 Å². The number of carbonyl (C=O) groups is 3. The molecule has 14 heteroatoms. The summed E-state index contributed by atoms with van der Waals surface area (Å²) in [6, 6.07) is 1.50. The van der Waals surface area contributed by atoms with Gasteiger partial charge in [-0.05, 0) is 79.8 Å². The summed E-state index contributed by atoms with van der Waals surface area (Å²) in [5.74, 6) is -0.437. The normalized spacial score (nSPS) is 24.5. The van der Waals surface area contributed by atoms with Crippen LogP contribution in [0.3, 0.4) is 0 Å². The molecule has 2 unspecified atom stereocenters. The molecule has 4 amide bonds. The second kappa shape index (κ2) is 13.6. The average Bonchev–Trinajstić information content (AvgIpc) is 3.78. The maximum absolute atomic E-state index is 14.4. The van der Waals surface area contributed by atoms with Crippen molar-refractivity contribution in [2.45, 2.75) is 127 Å². The minimum absolute atomic E-state index is 0.0306. The predicted octanol–water partition coefficient (Wildman–Crippen LogP) is 5.46. The van der Waals surface area contributed by atoms with Crippen LogP contribution in [0.25, 0.3) is 0 Å². The molecule has 0 spiro atoms. The second-order valence-corrected chi connectivity index (χ2v) is 15.1. The number of aliphatic hydroxyl groups is 1. The van der Waals surface area contributed by atoms with Crippen molar-refractivity contribution in [3.8, 4) is 0 Å². The molecule has 4 aliphatic rings. The monoisotopic (exact) mass is 688 g/mol. The van der Waals surface area contributed by atoms with Gasteiger partial charge in [-0.3, -0.25) is 9.59 Å². The van der Waals surface area contributed by atoms with E-state index in [1.807, 2.05) is 5.32 Å². The summed E-state index contributed by atoms with van der Waals surface area (Å²) in [5, 5.41) is 27.0. The maximum Gasteiger partial charge on any atom is 0.410 e. The number of carbonyl (C=O) groups excluding carboxylic acids is 3. The Morgan fingerprint density at radius 1 is 1.00 bits per heavy atom. The second-order valence-electron chi connectivity index (χ2n) is 15.1. The Bertz CT molecular complexity index is 1530. The Kier molecular flexibility index (Phi) is 9.73. The number of fused-ring (bicyclic) bond motifs is 1. The van der Waals surface area contributed by atoms with Gasteiger partial charge in [0.25, 0.3) is 5.91 Å². The lowest BCUT2D eigenvalue weighted by Crippen LogP contribution is -2.63. The fourth-order valence-corrected chi connectivity index (χ4v) is 8.95. The molecule has 0 radical (unpaired) electrons. The lowest BCUT2D eigenvalue weighted by molar-refractivity contribution is -0.153. The number of amides is 4. The van der Waals surface area contributed by atoms with E-state index in [0.717, 1.165) is 74.7 Å². The average molecular weight is 689 g/mol. The molecule has 3 atom stereocenters. The minimum atomic E-state index is -4.63. The van der Waals surface area contributed by atoms with E-state index in [1.54, 1.807) is 25.1 Å². The van der Waals surface area contributed by atoms with Crippen LogP contribution in [-0.2, 0) is 17.6 Å². The molecule has 3 fully saturated rings. The minimum Gasteiger partial charge on any atom is -0.388 e. The van der Waals surface area contributed by atoms with Gasteiger partial charge in [0.2, 0.25) is 5.91 Å². The van der Waals surface area contributed by atoms with Crippen LogP contribution in [0.1, 0.15) is 105 Å². The Morgan fingerprint density at radius 3 is 2.14 bits per heavy atom. The van der Waals surface area contributed by atoms with Crippen LogP contribution in [0.2, 0.25) is 0 Å². The van der Waals surface area contributed by atoms with Crippen LogP contribution >= 0.6 is 0 Å². The van der Waals surface area contributed by atoms with Gasteiger partial charge in [0.05, 0.1) is 17.7 Å². The molecule has 1 aromatic carbocycles. The van der Waals surface area contributed by atoms with Crippen molar-refractivity contribution in [3.05, 3.63) is 40.7 Å². The number of alkyl halides is 3. The maximum atomic E-state index is 14.4. The van der Waals surface area contributed by atoms with Gasteiger partial charge in [-0.1, -0.05) is 75.4 Å². The summed E-state index contributed by atoms with van der Waals surface area (Å²) in [4.78, 5) is 42.0. The van der Waals surface area contributed by atoms with Gasteiger partial charge in [0.1, 0.15) is 17.8 Å². The molecule has 0 bridgehead atoms. The number of aromatic nitrogens is 2. The number of rotatable bonds is 9. The van der Waals surface area contributed by atoms with E-state index in [4.69, 9.17) is 4.63 Å². The molecule has 49 heavy (non-hydrogen) atoms. The number of aryl methyl sites for hydroxylation is 1. The van der Waals surface area contributed by atoms with Gasteiger partial charge >= 0.3 is 12.2 Å². The number of hydrogen-bond donors (Lipinski definition) is 4. The largest absolute Gasteiger partial charge is 0.410 e. The smallest absolute Gasteiger partial charge is 0.388 e. The first-order chi connectivity index (χ1) is 23.2. The fourth-order valence-electron chi connectivity index (χ4n) is 8.95. The first-order valence-electron chi connectivity index (χ1n) is 17.6. The summed E-state index contributed by atoms with van der Waals surface area (Å²) in [6.45, 7) is 4.01. The molecule has 11 nitrogen and oxygen atoms in total. The van der Waals surface area contributed by atoms with E-state index in [2.05, 4.69) is 20.9 Å². The molecule has 2 saturated carbocycles. The van der Waals surface area contributed by atoms with Crippen LogP contribution in [0.4, 0.5) is 23.7 Å². The van der Waals surface area contributed by atoms with Crippen molar-refractivity contribution in [2.75, 3.05) is 11.9 Å². The van der Waals surface area contributed by atoms with Crippen LogP contribution in [0, 0.1) is 24.7 Å². The Balaban J connectivity index is 1.28. The number of hydrogen-bond acceptors (Lipinski definition) is 7. The number of anilines is 1. The Morgan fingerprint density at radius 2 is 1.61 bits per heavy atom. The van der Waals surface area contributed by atoms with E-state index in [9.17, 15) is 32.7 Å². The number of urea groups is 1. The zero-order valence-electron chi connectivity index (χ0n) is 28.4. The van der Waals surface area contributed by atoms with Crippen molar-refractivity contribution in [2.24, 2.45) is 17.8 Å². The highest BCUT2D eigenvalue weighted by Gasteiger charge is 2.59. The zero-order chi connectivity index (χ0) is 35.1. The van der Waals surface area contributed by atoms with E-state index in [1.165, 1.54) is 13.8 Å². The molecule has 2 heterocycles. The molecular weight excluding hydrogens is 641 g/mol. The van der Waals surface area contributed by atoms with Crippen molar-refractivity contribution in [1.82, 2.24) is 25.8 Å².